The molecule has 0 fully saturated rings. The molecule has 0 saturated carbocycles. The lowest BCUT2D eigenvalue weighted by molar-refractivity contribution is -0.0500. The van der Waals surface area contributed by atoms with E-state index in [0.29, 0.717) is 5.69 Å². The van der Waals surface area contributed by atoms with Crippen LogP contribution >= 0.6 is 0 Å². The summed E-state index contributed by atoms with van der Waals surface area (Å²) in [7, 11) is -4.37. The zero-order chi connectivity index (χ0) is 15.8. The molecule has 114 valence electrons. The molecule has 2 rings (SSSR count). The van der Waals surface area contributed by atoms with Gasteiger partial charge in [0.25, 0.3) is 0 Å². The lowest BCUT2D eigenvalue weighted by atomic mass is 10.1. The van der Waals surface area contributed by atoms with Crippen LogP contribution in [0, 0.1) is 5.82 Å². The maximum Gasteiger partial charge on any atom is 0.534 e. The highest BCUT2D eigenvalue weighted by atomic mass is 32.2. The van der Waals surface area contributed by atoms with E-state index in [0.717, 1.165) is 12.1 Å². The van der Waals surface area contributed by atoms with Gasteiger partial charge in [-0.05, 0) is 24.3 Å². The third-order valence-electron chi connectivity index (χ3n) is 2.53. The number of benzene rings is 1. The molecule has 0 aliphatic rings. The van der Waals surface area contributed by atoms with Gasteiger partial charge in [-0.25, -0.2) is 4.39 Å². The molecular formula is C11H8F4N2O3S. The summed E-state index contributed by atoms with van der Waals surface area (Å²) < 4.78 is 77.2. The van der Waals surface area contributed by atoms with Crippen LogP contribution in [-0.2, 0) is 17.2 Å². The average molecular weight is 324 g/mol. The van der Waals surface area contributed by atoms with Crippen LogP contribution in [0.5, 0.6) is 5.75 Å². The van der Waals surface area contributed by atoms with Gasteiger partial charge >= 0.3 is 15.6 Å². The second-order valence-corrected chi connectivity index (χ2v) is 5.51. The first-order chi connectivity index (χ1) is 9.62. The number of aromatic nitrogens is 2. The number of aryl methyl sites for hydroxylation is 1. The molecule has 0 aliphatic carbocycles. The van der Waals surface area contributed by atoms with Crippen LogP contribution in [0.3, 0.4) is 0 Å². The van der Waals surface area contributed by atoms with Gasteiger partial charge in [0.1, 0.15) is 0 Å². The summed E-state index contributed by atoms with van der Waals surface area (Å²) in [5.41, 5.74) is -4.94. The van der Waals surface area contributed by atoms with Crippen molar-refractivity contribution in [1.29, 1.82) is 0 Å². The van der Waals surface area contributed by atoms with Gasteiger partial charge < -0.3 is 4.18 Å². The zero-order valence-corrected chi connectivity index (χ0v) is 11.2. The van der Waals surface area contributed by atoms with E-state index in [2.05, 4.69) is 9.28 Å². The monoisotopic (exact) mass is 324 g/mol. The van der Waals surface area contributed by atoms with E-state index in [1.807, 2.05) is 0 Å². The summed E-state index contributed by atoms with van der Waals surface area (Å²) in [4.78, 5) is 0. The number of alkyl halides is 3. The van der Waals surface area contributed by atoms with Gasteiger partial charge in [0.15, 0.2) is 11.6 Å². The summed E-state index contributed by atoms with van der Waals surface area (Å²) in [5, 5.41) is 3.84. The third-order valence-corrected chi connectivity index (χ3v) is 3.50. The molecule has 0 N–H and O–H groups in total. The minimum absolute atomic E-state index is 0.253. The van der Waals surface area contributed by atoms with Gasteiger partial charge in [-0.3, -0.25) is 4.68 Å². The minimum Gasteiger partial charge on any atom is -0.373 e. The molecular weight excluding hydrogens is 316 g/mol. The van der Waals surface area contributed by atoms with Crippen LogP contribution in [0.25, 0.3) is 11.3 Å². The molecule has 10 heteroatoms. The second kappa shape index (κ2) is 5.02. The molecule has 0 atom stereocenters. The summed E-state index contributed by atoms with van der Waals surface area (Å²) in [6, 6.07) is 4.45. The molecule has 1 aromatic heterocycles. The van der Waals surface area contributed by atoms with Gasteiger partial charge in [-0.15, -0.1) is 0 Å². The lowest BCUT2D eigenvalue weighted by Gasteiger charge is -2.11. The fourth-order valence-electron chi connectivity index (χ4n) is 1.55. The highest BCUT2D eigenvalue weighted by Crippen LogP contribution is 2.31. The predicted molar refractivity (Wildman–Crippen MR) is 64.2 cm³/mol. The summed E-state index contributed by atoms with van der Waals surface area (Å²) in [6.45, 7) is 0. The van der Waals surface area contributed by atoms with E-state index in [-0.39, 0.29) is 5.56 Å². The molecule has 0 aliphatic heterocycles. The van der Waals surface area contributed by atoms with E-state index in [1.54, 1.807) is 7.05 Å². The number of rotatable bonds is 3. The molecule has 0 radical (unpaired) electrons. The van der Waals surface area contributed by atoms with Crippen molar-refractivity contribution < 1.29 is 30.2 Å². The van der Waals surface area contributed by atoms with Gasteiger partial charge in [0.05, 0.1) is 5.69 Å². The van der Waals surface area contributed by atoms with Crippen LogP contribution in [0.2, 0.25) is 0 Å². The van der Waals surface area contributed by atoms with Gasteiger partial charge in [0, 0.05) is 18.8 Å². The third kappa shape index (κ3) is 2.99. The number of hydrogen-bond acceptors (Lipinski definition) is 4. The summed E-state index contributed by atoms with van der Waals surface area (Å²) in [6.07, 6.45) is 1.42. The predicted octanol–water partition coefficient (Wildman–Crippen LogP) is 2.45. The Morgan fingerprint density at radius 2 is 1.90 bits per heavy atom. The quantitative estimate of drug-likeness (QED) is 0.494. The zero-order valence-electron chi connectivity index (χ0n) is 10.4. The molecule has 1 heterocycles. The van der Waals surface area contributed by atoms with Crippen molar-refractivity contribution in [2.24, 2.45) is 7.05 Å². The van der Waals surface area contributed by atoms with E-state index < -0.39 is 27.2 Å². The molecule has 21 heavy (non-hydrogen) atoms. The highest BCUT2D eigenvalue weighted by molar-refractivity contribution is 7.88. The molecule has 1 aromatic carbocycles. The average Bonchev–Trinajstić information content (AvgIpc) is 2.77. The Morgan fingerprint density at radius 3 is 2.43 bits per heavy atom. The fourth-order valence-corrected chi connectivity index (χ4v) is 2.01. The smallest absolute Gasteiger partial charge is 0.373 e. The maximum atomic E-state index is 13.5. The maximum absolute atomic E-state index is 13.5. The summed E-state index contributed by atoms with van der Waals surface area (Å²) in [5.74, 6) is -2.26. The summed E-state index contributed by atoms with van der Waals surface area (Å²) >= 11 is 0. The minimum atomic E-state index is -5.93. The van der Waals surface area contributed by atoms with Crippen molar-refractivity contribution in [3.05, 3.63) is 36.3 Å². The van der Waals surface area contributed by atoms with Crippen molar-refractivity contribution in [3.63, 3.8) is 0 Å². The normalized spacial score (nSPS) is 12.4. The highest BCUT2D eigenvalue weighted by Gasteiger charge is 2.48. The molecule has 0 amide bonds. The Labute approximate surface area is 116 Å². The largest absolute Gasteiger partial charge is 0.534 e. The first-order valence-corrected chi connectivity index (χ1v) is 6.81. The van der Waals surface area contributed by atoms with Gasteiger partial charge in [-0.1, -0.05) is 0 Å². The van der Waals surface area contributed by atoms with Crippen LogP contribution in [-0.4, -0.2) is 23.7 Å². The fraction of sp³-hybridized carbons (Fsp3) is 0.182. The number of nitrogens with zero attached hydrogens (tertiary/aromatic N) is 2. The Kier molecular flexibility index (Phi) is 3.66. The van der Waals surface area contributed by atoms with E-state index in [4.69, 9.17) is 0 Å². The van der Waals surface area contributed by atoms with Crippen molar-refractivity contribution in [2.75, 3.05) is 0 Å². The Morgan fingerprint density at radius 1 is 1.24 bits per heavy atom. The second-order valence-electron chi connectivity index (χ2n) is 3.97. The van der Waals surface area contributed by atoms with Crippen LogP contribution in [0.15, 0.2) is 30.5 Å². The van der Waals surface area contributed by atoms with Crippen molar-refractivity contribution in [3.8, 4) is 17.0 Å². The first kappa shape index (κ1) is 15.3. The number of hydrogen-bond donors (Lipinski definition) is 0. The molecule has 0 saturated heterocycles. The van der Waals surface area contributed by atoms with Crippen LogP contribution in [0.1, 0.15) is 0 Å². The van der Waals surface area contributed by atoms with E-state index >= 15 is 0 Å². The van der Waals surface area contributed by atoms with Crippen molar-refractivity contribution in [2.45, 2.75) is 5.51 Å². The van der Waals surface area contributed by atoms with Crippen molar-refractivity contribution in [1.82, 2.24) is 9.78 Å². The molecule has 5 nitrogen and oxygen atoms in total. The van der Waals surface area contributed by atoms with Crippen LogP contribution < -0.4 is 4.18 Å². The Balaban J connectivity index is 2.44. The van der Waals surface area contributed by atoms with Crippen molar-refractivity contribution >= 4 is 10.1 Å². The molecule has 0 spiro atoms. The number of halogens is 4. The van der Waals surface area contributed by atoms with E-state index in [1.165, 1.54) is 23.0 Å². The first-order valence-electron chi connectivity index (χ1n) is 5.40. The Bertz CT molecular complexity index is 768. The SMILES string of the molecule is Cn1nccc1-c1ccc(F)c(OS(=O)(=O)C(F)(F)F)c1. The molecule has 0 unspecified atom stereocenters. The molecule has 0 bridgehead atoms. The molecule has 2 aromatic rings. The topological polar surface area (TPSA) is 61.2 Å². The van der Waals surface area contributed by atoms with Gasteiger partial charge in [0.2, 0.25) is 0 Å². The standard InChI is InChI=1S/C11H8F4N2O3S/c1-17-9(4-5-16-17)7-2-3-8(12)10(6-7)20-21(18,19)11(13,14)15/h2-6H,1H3. The van der Waals surface area contributed by atoms with E-state index in [9.17, 15) is 26.0 Å². The Hall–Kier alpha value is -2.10. The van der Waals surface area contributed by atoms with Crippen LogP contribution in [0.4, 0.5) is 17.6 Å². The van der Waals surface area contributed by atoms with Gasteiger partial charge in [-0.2, -0.15) is 26.7 Å². The lowest BCUT2D eigenvalue weighted by Crippen LogP contribution is -2.28.